The largest absolute Gasteiger partial charge is 0.507 e. The number of carbonyl (C=O) groups is 1. The molecule has 0 aliphatic rings. The maximum atomic E-state index is 13.6. The van der Waals surface area contributed by atoms with Gasteiger partial charge < -0.3 is 9.84 Å². The predicted molar refractivity (Wildman–Crippen MR) is 95.6 cm³/mol. The Bertz CT molecular complexity index is 583. The van der Waals surface area contributed by atoms with Gasteiger partial charge in [-0.1, -0.05) is 45.4 Å². The van der Waals surface area contributed by atoms with E-state index < -0.39 is 28.2 Å². The van der Waals surface area contributed by atoms with E-state index in [2.05, 4.69) is 11.7 Å². The van der Waals surface area contributed by atoms with E-state index in [9.17, 15) is 18.7 Å². The Kier molecular flexibility index (Phi) is 8.63. The molecule has 0 heterocycles. The van der Waals surface area contributed by atoms with Crippen molar-refractivity contribution in [2.24, 2.45) is 0 Å². The summed E-state index contributed by atoms with van der Waals surface area (Å²) >= 11 is 5.10. The SMILES string of the molecule is CCCCCCCCCc1c(C)cc(C(F)(F)Cl)c(C(=O)OC)c1O. The Morgan fingerprint density at radius 3 is 2.28 bits per heavy atom. The number of phenolic OH excluding ortho intramolecular Hbond substituents is 1. The van der Waals surface area contributed by atoms with E-state index in [0.717, 1.165) is 32.4 Å². The van der Waals surface area contributed by atoms with E-state index in [1.54, 1.807) is 6.92 Å². The number of hydrogen-bond acceptors (Lipinski definition) is 3. The molecule has 25 heavy (non-hydrogen) atoms. The lowest BCUT2D eigenvalue weighted by Crippen LogP contribution is -2.15. The molecule has 3 nitrogen and oxygen atoms in total. The molecule has 0 atom stereocenters. The second-order valence-corrected chi connectivity index (χ2v) is 6.78. The number of hydrogen-bond donors (Lipinski definition) is 1. The van der Waals surface area contributed by atoms with Crippen LogP contribution in [-0.4, -0.2) is 18.2 Å². The fourth-order valence-corrected chi connectivity index (χ4v) is 3.10. The zero-order chi connectivity index (χ0) is 19.0. The van der Waals surface area contributed by atoms with Gasteiger partial charge in [-0.15, -0.1) is 0 Å². The molecule has 1 aromatic rings. The lowest BCUT2D eigenvalue weighted by molar-refractivity contribution is 0.0566. The minimum atomic E-state index is -3.76. The van der Waals surface area contributed by atoms with Gasteiger partial charge in [-0.3, -0.25) is 0 Å². The molecule has 0 fully saturated rings. The maximum absolute atomic E-state index is 13.6. The van der Waals surface area contributed by atoms with Gasteiger partial charge in [-0.05, 0) is 48.6 Å². The van der Waals surface area contributed by atoms with Crippen molar-refractivity contribution in [3.05, 3.63) is 28.3 Å². The number of methoxy groups -OCH3 is 1. The number of aromatic hydroxyl groups is 1. The van der Waals surface area contributed by atoms with Gasteiger partial charge in [0.1, 0.15) is 11.3 Å². The topological polar surface area (TPSA) is 46.5 Å². The predicted octanol–water partition coefficient (Wildman–Crippen LogP) is 6.07. The minimum absolute atomic E-state index is 0.451. The molecule has 0 bridgehead atoms. The molecule has 0 aliphatic carbocycles. The normalized spacial score (nSPS) is 11.6. The number of benzene rings is 1. The summed E-state index contributed by atoms with van der Waals surface area (Å²) in [6.07, 6.45) is 8.24. The van der Waals surface area contributed by atoms with Crippen molar-refractivity contribution in [1.82, 2.24) is 0 Å². The molecular formula is C19H27ClF2O3. The Labute approximate surface area is 153 Å². The second-order valence-electron chi connectivity index (χ2n) is 6.30. The number of alkyl halides is 3. The molecule has 0 saturated heterocycles. The monoisotopic (exact) mass is 376 g/mol. The smallest absolute Gasteiger partial charge is 0.349 e. The molecule has 0 amide bonds. The lowest BCUT2D eigenvalue weighted by atomic mass is 9.93. The van der Waals surface area contributed by atoms with Gasteiger partial charge >= 0.3 is 11.4 Å². The molecule has 0 saturated carbocycles. The highest BCUT2D eigenvalue weighted by Gasteiger charge is 2.36. The molecular weight excluding hydrogens is 350 g/mol. The first kappa shape index (κ1) is 21.7. The summed E-state index contributed by atoms with van der Waals surface area (Å²) in [6, 6.07) is 1.16. The molecule has 1 N–H and O–H groups in total. The highest BCUT2D eigenvalue weighted by atomic mass is 35.5. The van der Waals surface area contributed by atoms with Crippen LogP contribution in [0.1, 0.15) is 78.9 Å². The van der Waals surface area contributed by atoms with Gasteiger partial charge in [0.05, 0.1) is 12.7 Å². The summed E-state index contributed by atoms with van der Waals surface area (Å²) < 4.78 is 31.7. The Hall–Kier alpha value is -1.36. The molecule has 1 rings (SSSR count). The third-order valence-electron chi connectivity index (χ3n) is 4.35. The number of aryl methyl sites for hydroxylation is 1. The van der Waals surface area contributed by atoms with E-state index in [1.807, 2.05) is 0 Å². The van der Waals surface area contributed by atoms with Crippen molar-refractivity contribution in [1.29, 1.82) is 0 Å². The molecule has 0 aliphatic heterocycles. The van der Waals surface area contributed by atoms with Crippen LogP contribution in [0.25, 0.3) is 0 Å². The fraction of sp³-hybridized carbons (Fsp3) is 0.632. The van der Waals surface area contributed by atoms with Crippen LogP contribution < -0.4 is 0 Å². The van der Waals surface area contributed by atoms with E-state index in [1.165, 1.54) is 25.7 Å². The van der Waals surface area contributed by atoms with Gasteiger partial charge in [0, 0.05) is 0 Å². The van der Waals surface area contributed by atoms with Crippen molar-refractivity contribution < 1.29 is 23.4 Å². The number of halogens is 3. The molecule has 142 valence electrons. The van der Waals surface area contributed by atoms with Crippen molar-refractivity contribution in [3.8, 4) is 5.75 Å². The minimum Gasteiger partial charge on any atom is -0.507 e. The third-order valence-corrected chi connectivity index (χ3v) is 4.56. The second kappa shape index (κ2) is 9.95. The highest BCUT2D eigenvalue weighted by Crippen LogP contribution is 2.41. The van der Waals surface area contributed by atoms with Crippen LogP contribution in [0.3, 0.4) is 0 Å². The summed E-state index contributed by atoms with van der Waals surface area (Å²) in [4.78, 5) is 11.9. The zero-order valence-electron chi connectivity index (χ0n) is 15.1. The Morgan fingerprint density at radius 1 is 1.20 bits per heavy atom. The maximum Gasteiger partial charge on any atom is 0.349 e. The third kappa shape index (κ3) is 6.14. The highest BCUT2D eigenvalue weighted by molar-refractivity contribution is 6.22. The molecule has 0 spiro atoms. The summed E-state index contributed by atoms with van der Waals surface area (Å²) in [5, 5.41) is 6.63. The fourth-order valence-electron chi connectivity index (χ4n) is 2.95. The number of carbonyl (C=O) groups excluding carboxylic acids is 1. The quantitative estimate of drug-likeness (QED) is 0.306. The van der Waals surface area contributed by atoms with E-state index in [-0.39, 0.29) is 0 Å². The summed E-state index contributed by atoms with van der Waals surface area (Å²) in [5.41, 5.74) is -0.282. The van der Waals surface area contributed by atoms with Gasteiger partial charge in [-0.2, -0.15) is 8.78 Å². The lowest BCUT2D eigenvalue weighted by Gasteiger charge is -2.18. The summed E-state index contributed by atoms with van der Waals surface area (Å²) in [5.74, 6) is -1.47. The molecule has 1 aromatic carbocycles. The van der Waals surface area contributed by atoms with Crippen molar-refractivity contribution in [2.75, 3.05) is 7.11 Å². The van der Waals surface area contributed by atoms with Crippen LogP contribution >= 0.6 is 11.6 Å². The van der Waals surface area contributed by atoms with Gasteiger partial charge in [0.25, 0.3) is 0 Å². The Morgan fingerprint density at radius 2 is 1.76 bits per heavy atom. The number of esters is 1. The zero-order valence-corrected chi connectivity index (χ0v) is 15.9. The number of unbranched alkanes of at least 4 members (excludes halogenated alkanes) is 6. The average molecular weight is 377 g/mol. The summed E-state index contributed by atoms with van der Waals surface area (Å²) in [6.45, 7) is 3.79. The summed E-state index contributed by atoms with van der Waals surface area (Å²) in [7, 11) is 1.08. The first-order valence-corrected chi connectivity index (χ1v) is 9.12. The van der Waals surface area contributed by atoms with Crippen LogP contribution in [0.15, 0.2) is 6.07 Å². The molecule has 6 heteroatoms. The van der Waals surface area contributed by atoms with Crippen molar-refractivity contribution in [2.45, 2.75) is 70.6 Å². The standard InChI is InChI=1S/C19H27ClF2O3/c1-4-5-6-7-8-9-10-11-14-13(2)12-15(19(20,21)22)16(17(14)23)18(24)25-3/h12,23H,4-11H2,1-3H3. The van der Waals surface area contributed by atoms with Gasteiger partial charge in [0.15, 0.2) is 0 Å². The van der Waals surface area contributed by atoms with Crippen LogP contribution in [0.5, 0.6) is 5.75 Å². The van der Waals surface area contributed by atoms with Crippen LogP contribution in [0, 0.1) is 6.92 Å². The number of ether oxygens (including phenoxy) is 1. The van der Waals surface area contributed by atoms with Crippen LogP contribution in [0.2, 0.25) is 0 Å². The van der Waals surface area contributed by atoms with E-state index in [0.29, 0.717) is 17.5 Å². The van der Waals surface area contributed by atoms with Crippen molar-refractivity contribution in [3.63, 3.8) is 0 Å². The molecule has 0 aromatic heterocycles. The molecule has 0 radical (unpaired) electrons. The number of rotatable bonds is 10. The van der Waals surface area contributed by atoms with Crippen LogP contribution in [-0.2, 0) is 16.5 Å². The van der Waals surface area contributed by atoms with Gasteiger partial charge in [-0.25, -0.2) is 4.79 Å². The van der Waals surface area contributed by atoms with Crippen LogP contribution in [0.4, 0.5) is 8.78 Å². The number of phenols is 1. The average Bonchev–Trinajstić information content (AvgIpc) is 2.54. The first-order valence-electron chi connectivity index (χ1n) is 8.75. The van der Waals surface area contributed by atoms with Crippen molar-refractivity contribution >= 4 is 17.6 Å². The van der Waals surface area contributed by atoms with E-state index in [4.69, 9.17) is 11.6 Å². The molecule has 0 unspecified atom stereocenters. The van der Waals surface area contributed by atoms with Gasteiger partial charge in [0.2, 0.25) is 0 Å². The first-order chi connectivity index (χ1) is 11.7. The van der Waals surface area contributed by atoms with E-state index >= 15 is 0 Å². The Balaban J connectivity index is 2.92.